The van der Waals surface area contributed by atoms with Crippen LogP contribution in [0.2, 0.25) is 0 Å². The fourth-order valence-corrected chi connectivity index (χ4v) is 6.09. The molecule has 0 unspecified atom stereocenters. The van der Waals surface area contributed by atoms with Crippen LogP contribution >= 0.6 is 0 Å². The highest BCUT2D eigenvalue weighted by atomic mass is 16.2. The second-order valence-corrected chi connectivity index (χ2v) is 9.42. The first-order chi connectivity index (χ1) is 16.4. The number of aromatic nitrogens is 2. The maximum atomic E-state index is 13.9. The lowest BCUT2D eigenvalue weighted by molar-refractivity contribution is -0.139. The fourth-order valence-electron chi connectivity index (χ4n) is 6.09. The fraction of sp³-hybridized carbons (Fsp3) is 0.222. The van der Waals surface area contributed by atoms with Crippen LogP contribution in [0.25, 0.3) is 21.8 Å². The Bertz CT molecular complexity index is 1700. The molecule has 0 spiro atoms. The smallest absolute Gasteiger partial charge is 0.259 e. The average Bonchev–Trinajstić information content (AvgIpc) is 3.46. The van der Waals surface area contributed by atoms with Crippen LogP contribution in [0.3, 0.4) is 0 Å². The van der Waals surface area contributed by atoms with Gasteiger partial charge in [-0.25, -0.2) is 0 Å². The van der Waals surface area contributed by atoms with E-state index in [0.29, 0.717) is 23.4 Å². The van der Waals surface area contributed by atoms with Crippen LogP contribution in [-0.4, -0.2) is 32.4 Å². The van der Waals surface area contributed by atoms with E-state index >= 15 is 0 Å². The number of aryl methyl sites for hydroxylation is 3. The standard InChI is InChI=1S/C27H22N4O3/c1-14(32)31-13-20-24(27(31)34)22(18-12-29(2)21-8-4-7-19(28-20)23(18)21)17-11-16-6-3-5-15-9-10-30(25(15)16)26(17)33/h3-8,11-12,22,28H,9-10,13H2,1-2H3/t22-/m1/s1. The number of hydrogen-bond donors (Lipinski definition) is 1. The molecule has 34 heavy (non-hydrogen) atoms. The Balaban J connectivity index is 1.58. The maximum Gasteiger partial charge on any atom is 0.259 e. The van der Waals surface area contributed by atoms with E-state index in [0.717, 1.165) is 39.5 Å². The molecule has 5 heterocycles. The van der Waals surface area contributed by atoms with Gasteiger partial charge in [0.05, 0.1) is 23.2 Å². The third kappa shape index (κ3) is 2.33. The van der Waals surface area contributed by atoms with Gasteiger partial charge in [0.1, 0.15) is 0 Å². The number of imide groups is 1. The van der Waals surface area contributed by atoms with Gasteiger partial charge in [-0.05, 0) is 41.1 Å². The average molecular weight is 450 g/mol. The summed E-state index contributed by atoms with van der Waals surface area (Å²) in [5.41, 5.74) is 6.65. The van der Waals surface area contributed by atoms with Crippen molar-refractivity contribution in [3.63, 3.8) is 0 Å². The van der Waals surface area contributed by atoms with Crippen LogP contribution < -0.4 is 10.9 Å². The largest absolute Gasteiger partial charge is 0.356 e. The molecule has 7 nitrogen and oxygen atoms in total. The molecule has 3 aliphatic heterocycles. The quantitative estimate of drug-likeness (QED) is 0.483. The molecule has 0 saturated carbocycles. The molecule has 0 bridgehead atoms. The molecule has 2 aromatic carbocycles. The zero-order chi connectivity index (χ0) is 23.3. The van der Waals surface area contributed by atoms with Crippen LogP contribution in [0.5, 0.6) is 0 Å². The van der Waals surface area contributed by atoms with Gasteiger partial charge in [-0.2, -0.15) is 0 Å². The highest BCUT2D eigenvalue weighted by Gasteiger charge is 2.42. The van der Waals surface area contributed by atoms with E-state index in [1.807, 2.05) is 58.8 Å². The summed E-state index contributed by atoms with van der Waals surface area (Å²) in [6.45, 7) is 2.22. The molecule has 0 fully saturated rings. The number of carbonyl (C=O) groups is 2. The molecule has 168 valence electrons. The summed E-state index contributed by atoms with van der Waals surface area (Å²) in [7, 11) is 1.97. The van der Waals surface area contributed by atoms with Gasteiger partial charge >= 0.3 is 0 Å². The molecule has 1 atom stereocenters. The molecule has 7 heteroatoms. The minimum atomic E-state index is -0.573. The Morgan fingerprint density at radius 3 is 2.74 bits per heavy atom. The topological polar surface area (TPSA) is 76.3 Å². The summed E-state index contributed by atoms with van der Waals surface area (Å²) in [6.07, 6.45) is 2.84. The first-order valence-corrected chi connectivity index (χ1v) is 11.5. The molecule has 4 aromatic rings. The molecule has 2 amide bonds. The monoisotopic (exact) mass is 450 g/mol. The minimum Gasteiger partial charge on any atom is -0.356 e. The number of amides is 2. The summed E-state index contributed by atoms with van der Waals surface area (Å²) >= 11 is 0. The molecule has 0 aliphatic carbocycles. The number of rotatable bonds is 1. The van der Waals surface area contributed by atoms with E-state index in [2.05, 4.69) is 11.4 Å². The lowest BCUT2D eigenvalue weighted by Gasteiger charge is -2.20. The lowest BCUT2D eigenvalue weighted by atomic mass is 9.84. The summed E-state index contributed by atoms with van der Waals surface area (Å²) in [6, 6.07) is 14.1. The third-order valence-corrected chi connectivity index (χ3v) is 7.57. The highest BCUT2D eigenvalue weighted by molar-refractivity contribution is 6.11. The Morgan fingerprint density at radius 2 is 1.91 bits per heavy atom. The Morgan fingerprint density at radius 1 is 1.09 bits per heavy atom. The summed E-state index contributed by atoms with van der Waals surface area (Å²) in [5.74, 6) is -1.21. The zero-order valence-electron chi connectivity index (χ0n) is 18.9. The number of para-hydroxylation sites is 1. The summed E-state index contributed by atoms with van der Waals surface area (Å²) < 4.78 is 3.89. The van der Waals surface area contributed by atoms with E-state index in [1.54, 1.807) is 0 Å². The predicted molar refractivity (Wildman–Crippen MR) is 130 cm³/mol. The second-order valence-electron chi connectivity index (χ2n) is 9.42. The number of nitrogens with one attached hydrogen (secondary N) is 1. The van der Waals surface area contributed by atoms with Gasteiger partial charge in [-0.3, -0.25) is 19.3 Å². The van der Waals surface area contributed by atoms with Gasteiger partial charge in [-0.15, -0.1) is 0 Å². The third-order valence-electron chi connectivity index (χ3n) is 7.57. The number of hydrogen-bond acceptors (Lipinski definition) is 4. The molecule has 0 saturated heterocycles. The van der Waals surface area contributed by atoms with Crippen LogP contribution in [0.4, 0.5) is 5.69 Å². The maximum absolute atomic E-state index is 13.9. The highest BCUT2D eigenvalue weighted by Crippen LogP contribution is 2.46. The summed E-state index contributed by atoms with van der Waals surface area (Å²) in [5, 5.41) is 5.45. The number of nitrogens with zero attached hydrogens (tertiary/aromatic N) is 3. The van der Waals surface area contributed by atoms with Gasteiger partial charge in [0.2, 0.25) is 5.91 Å². The summed E-state index contributed by atoms with van der Waals surface area (Å²) in [4.78, 5) is 41.1. The molecule has 7 rings (SSSR count). The van der Waals surface area contributed by atoms with Gasteiger partial charge in [0.25, 0.3) is 11.5 Å². The zero-order valence-corrected chi connectivity index (χ0v) is 18.9. The first-order valence-electron chi connectivity index (χ1n) is 11.5. The molecular weight excluding hydrogens is 428 g/mol. The van der Waals surface area contributed by atoms with Crippen molar-refractivity contribution in [3.05, 3.63) is 87.0 Å². The van der Waals surface area contributed by atoms with E-state index in [9.17, 15) is 14.4 Å². The first kappa shape index (κ1) is 19.3. The number of benzene rings is 2. The van der Waals surface area contributed by atoms with Crippen LogP contribution in [-0.2, 0) is 29.6 Å². The Labute approximate surface area is 194 Å². The van der Waals surface area contributed by atoms with E-state index in [1.165, 1.54) is 17.4 Å². The molecule has 2 aromatic heterocycles. The Hall–Kier alpha value is -4.13. The van der Waals surface area contributed by atoms with Gasteiger partial charge in [0, 0.05) is 55.0 Å². The van der Waals surface area contributed by atoms with E-state index in [4.69, 9.17) is 0 Å². The number of anilines is 1. The molecular formula is C27H22N4O3. The lowest BCUT2D eigenvalue weighted by Crippen LogP contribution is -2.34. The van der Waals surface area contributed by atoms with E-state index < -0.39 is 5.92 Å². The van der Waals surface area contributed by atoms with Gasteiger partial charge in [0.15, 0.2) is 0 Å². The van der Waals surface area contributed by atoms with Crippen molar-refractivity contribution in [3.8, 4) is 0 Å². The SMILES string of the molecule is CC(=O)N1CC2=C(C1=O)[C@H](c1cc3cccc4c3n(c1=O)CC4)c1cn(C)c3cccc(c13)N2. The number of carbonyl (C=O) groups excluding carboxylic acids is 2. The minimum absolute atomic E-state index is 0.0697. The van der Waals surface area contributed by atoms with Crippen molar-refractivity contribution in [2.45, 2.75) is 25.8 Å². The molecule has 0 radical (unpaired) electrons. The normalized spacial score (nSPS) is 18.6. The number of pyridine rings is 1. The predicted octanol–water partition coefficient (Wildman–Crippen LogP) is 3.25. The molecule has 1 N–H and O–H groups in total. The van der Waals surface area contributed by atoms with E-state index in [-0.39, 0.29) is 23.9 Å². The van der Waals surface area contributed by atoms with Crippen molar-refractivity contribution in [1.82, 2.24) is 14.0 Å². The van der Waals surface area contributed by atoms with Crippen molar-refractivity contribution in [2.24, 2.45) is 7.05 Å². The van der Waals surface area contributed by atoms with Crippen LogP contribution in [0, 0.1) is 0 Å². The van der Waals surface area contributed by atoms with Gasteiger partial charge in [-0.1, -0.05) is 24.3 Å². The van der Waals surface area contributed by atoms with Crippen molar-refractivity contribution < 1.29 is 9.59 Å². The van der Waals surface area contributed by atoms with Crippen molar-refractivity contribution in [1.29, 1.82) is 0 Å². The van der Waals surface area contributed by atoms with Crippen LogP contribution in [0.1, 0.15) is 29.5 Å². The second kappa shape index (κ2) is 6.47. The van der Waals surface area contributed by atoms with Crippen LogP contribution in [0.15, 0.2) is 64.7 Å². The van der Waals surface area contributed by atoms with Crippen molar-refractivity contribution >= 4 is 39.3 Å². The Kier molecular flexibility index (Phi) is 3.68. The van der Waals surface area contributed by atoms with Crippen molar-refractivity contribution in [2.75, 3.05) is 11.9 Å². The molecule has 3 aliphatic rings. The van der Waals surface area contributed by atoms with Gasteiger partial charge < -0.3 is 14.5 Å².